The van der Waals surface area contributed by atoms with Crippen LogP contribution < -0.4 is 0 Å². The lowest BCUT2D eigenvalue weighted by molar-refractivity contribution is -0.120. The molecule has 0 aliphatic rings. The summed E-state index contributed by atoms with van der Waals surface area (Å²) in [6.45, 7) is 0.195. The molecule has 0 saturated carbocycles. The summed E-state index contributed by atoms with van der Waals surface area (Å²) in [5.41, 5.74) is 0. The number of carbonyl (C=O) groups excluding carboxylic acids is 1. The third kappa shape index (κ3) is 3.32. The molecule has 0 aliphatic heterocycles. The summed E-state index contributed by atoms with van der Waals surface area (Å²) in [5, 5.41) is 2.43. The highest BCUT2D eigenvalue weighted by molar-refractivity contribution is 8.00. The molecule has 0 saturated heterocycles. The molecular weight excluding hydrogens is 232 g/mol. The molecular formula is C14H14O2S. The predicted molar refractivity (Wildman–Crippen MR) is 71.6 cm³/mol. The minimum absolute atomic E-state index is 0.116. The number of fused-ring (bicyclic) bond motifs is 1. The van der Waals surface area contributed by atoms with Crippen LogP contribution in [-0.2, 0) is 9.53 Å². The van der Waals surface area contributed by atoms with Crippen LogP contribution >= 0.6 is 11.8 Å². The maximum absolute atomic E-state index is 11.3. The van der Waals surface area contributed by atoms with Crippen molar-refractivity contribution in [3.05, 3.63) is 42.5 Å². The maximum atomic E-state index is 11.3. The quantitative estimate of drug-likeness (QED) is 0.758. The number of methoxy groups -OCH3 is 1. The Balaban J connectivity index is 2.06. The van der Waals surface area contributed by atoms with E-state index in [1.54, 1.807) is 18.9 Å². The lowest BCUT2D eigenvalue weighted by Crippen LogP contribution is -2.08. The monoisotopic (exact) mass is 246 g/mol. The van der Waals surface area contributed by atoms with Gasteiger partial charge in [0.25, 0.3) is 0 Å². The van der Waals surface area contributed by atoms with Gasteiger partial charge in [-0.2, -0.15) is 0 Å². The lowest BCUT2D eigenvalue weighted by atomic mass is 10.1. The summed E-state index contributed by atoms with van der Waals surface area (Å²) in [4.78, 5) is 12.5. The van der Waals surface area contributed by atoms with E-state index in [0.717, 1.165) is 4.90 Å². The minimum Gasteiger partial charge on any atom is -0.377 e. The van der Waals surface area contributed by atoms with E-state index in [1.807, 2.05) is 18.2 Å². The number of rotatable bonds is 5. The SMILES string of the molecule is COCC(=O)CSc1ccc2ccccc2c1. The topological polar surface area (TPSA) is 26.3 Å². The van der Waals surface area contributed by atoms with Gasteiger partial charge in [-0.1, -0.05) is 30.3 Å². The predicted octanol–water partition coefficient (Wildman–Crippen LogP) is 3.15. The lowest BCUT2D eigenvalue weighted by Gasteiger charge is -2.03. The fourth-order valence-electron chi connectivity index (χ4n) is 1.62. The second kappa shape index (κ2) is 5.84. The second-order valence-corrected chi connectivity index (χ2v) is 4.82. The zero-order valence-corrected chi connectivity index (χ0v) is 10.5. The van der Waals surface area contributed by atoms with Gasteiger partial charge in [0.05, 0.1) is 5.75 Å². The number of ether oxygens (including phenoxy) is 1. The third-order valence-electron chi connectivity index (χ3n) is 2.43. The number of Topliss-reactive ketones (excluding diaryl/α,β-unsaturated/α-hetero) is 1. The van der Waals surface area contributed by atoms with Crippen molar-refractivity contribution < 1.29 is 9.53 Å². The molecule has 0 atom stereocenters. The summed E-state index contributed by atoms with van der Waals surface area (Å²) in [6.07, 6.45) is 0. The third-order valence-corrected chi connectivity index (χ3v) is 3.48. The average molecular weight is 246 g/mol. The van der Waals surface area contributed by atoms with Crippen LogP contribution in [0, 0.1) is 0 Å². The number of benzene rings is 2. The molecule has 88 valence electrons. The van der Waals surface area contributed by atoms with Crippen molar-refractivity contribution in [2.75, 3.05) is 19.5 Å². The molecule has 0 amide bonds. The summed E-state index contributed by atoms with van der Waals surface area (Å²) in [5.74, 6) is 0.581. The van der Waals surface area contributed by atoms with E-state index in [2.05, 4.69) is 24.3 Å². The second-order valence-electron chi connectivity index (χ2n) is 3.77. The largest absolute Gasteiger partial charge is 0.377 e. The Bertz CT molecular complexity index is 522. The van der Waals surface area contributed by atoms with Crippen LogP contribution in [0.15, 0.2) is 47.4 Å². The van der Waals surface area contributed by atoms with Gasteiger partial charge in [-0.15, -0.1) is 11.8 Å². The van der Waals surface area contributed by atoms with E-state index in [9.17, 15) is 4.79 Å². The minimum atomic E-state index is 0.116. The Kier molecular flexibility index (Phi) is 4.18. The van der Waals surface area contributed by atoms with Crippen molar-refractivity contribution in [3.63, 3.8) is 0 Å². The number of ketones is 1. The molecule has 0 radical (unpaired) electrons. The summed E-state index contributed by atoms with van der Waals surface area (Å²) >= 11 is 1.55. The molecule has 0 aromatic heterocycles. The van der Waals surface area contributed by atoms with Gasteiger partial charge in [0, 0.05) is 12.0 Å². The van der Waals surface area contributed by atoms with Gasteiger partial charge in [0.2, 0.25) is 0 Å². The molecule has 0 spiro atoms. The highest BCUT2D eigenvalue weighted by Crippen LogP contribution is 2.23. The van der Waals surface area contributed by atoms with E-state index in [4.69, 9.17) is 4.74 Å². The van der Waals surface area contributed by atoms with Crippen LogP contribution in [0.2, 0.25) is 0 Å². The van der Waals surface area contributed by atoms with Crippen LogP contribution in [0.4, 0.5) is 0 Å². The Morgan fingerprint density at radius 1 is 1.18 bits per heavy atom. The Labute approximate surface area is 105 Å². The highest BCUT2D eigenvalue weighted by atomic mass is 32.2. The first kappa shape index (κ1) is 12.1. The molecule has 2 nitrogen and oxygen atoms in total. The van der Waals surface area contributed by atoms with Gasteiger partial charge < -0.3 is 4.74 Å². The van der Waals surface area contributed by atoms with Crippen molar-refractivity contribution in [1.29, 1.82) is 0 Å². The zero-order chi connectivity index (χ0) is 12.1. The van der Waals surface area contributed by atoms with Gasteiger partial charge in [0.1, 0.15) is 6.61 Å². The van der Waals surface area contributed by atoms with Gasteiger partial charge in [-0.05, 0) is 22.9 Å². The van der Waals surface area contributed by atoms with Crippen LogP contribution in [0.25, 0.3) is 10.8 Å². The van der Waals surface area contributed by atoms with Gasteiger partial charge in [-0.3, -0.25) is 4.79 Å². The first-order valence-corrected chi connectivity index (χ1v) is 6.40. The van der Waals surface area contributed by atoms with Crippen molar-refractivity contribution >= 4 is 28.3 Å². The Hall–Kier alpha value is -1.32. The average Bonchev–Trinajstić information content (AvgIpc) is 2.36. The van der Waals surface area contributed by atoms with Gasteiger partial charge in [0.15, 0.2) is 5.78 Å². The molecule has 3 heteroatoms. The van der Waals surface area contributed by atoms with E-state index < -0.39 is 0 Å². The number of carbonyl (C=O) groups is 1. The van der Waals surface area contributed by atoms with Crippen molar-refractivity contribution in [2.45, 2.75) is 4.90 Å². The van der Waals surface area contributed by atoms with Crippen molar-refractivity contribution in [3.8, 4) is 0 Å². The van der Waals surface area contributed by atoms with E-state index in [1.165, 1.54) is 10.8 Å². The molecule has 2 aromatic rings. The van der Waals surface area contributed by atoms with Crippen molar-refractivity contribution in [2.24, 2.45) is 0 Å². The van der Waals surface area contributed by atoms with Crippen LogP contribution in [0.3, 0.4) is 0 Å². The molecule has 0 unspecified atom stereocenters. The van der Waals surface area contributed by atoms with Crippen molar-refractivity contribution in [1.82, 2.24) is 0 Å². The first-order chi connectivity index (χ1) is 8.29. The molecule has 2 aromatic carbocycles. The molecule has 0 bridgehead atoms. The molecule has 0 fully saturated rings. The smallest absolute Gasteiger partial charge is 0.168 e. The summed E-state index contributed by atoms with van der Waals surface area (Å²) in [6, 6.07) is 14.5. The molecule has 17 heavy (non-hydrogen) atoms. The van der Waals surface area contributed by atoms with E-state index in [0.29, 0.717) is 5.75 Å². The summed E-state index contributed by atoms with van der Waals surface area (Å²) in [7, 11) is 1.54. The summed E-state index contributed by atoms with van der Waals surface area (Å²) < 4.78 is 4.80. The molecule has 0 aliphatic carbocycles. The first-order valence-electron chi connectivity index (χ1n) is 5.42. The van der Waals surface area contributed by atoms with E-state index in [-0.39, 0.29) is 12.4 Å². The molecule has 0 N–H and O–H groups in total. The normalized spacial score (nSPS) is 10.6. The highest BCUT2D eigenvalue weighted by Gasteiger charge is 2.03. The zero-order valence-electron chi connectivity index (χ0n) is 9.68. The number of hydrogen-bond donors (Lipinski definition) is 0. The number of thioether (sulfide) groups is 1. The number of hydrogen-bond acceptors (Lipinski definition) is 3. The van der Waals surface area contributed by atoms with Crippen LogP contribution in [0.1, 0.15) is 0 Å². The molecule has 2 rings (SSSR count). The van der Waals surface area contributed by atoms with E-state index >= 15 is 0 Å². The molecule has 0 heterocycles. The van der Waals surface area contributed by atoms with Gasteiger partial charge in [-0.25, -0.2) is 0 Å². The maximum Gasteiger partial charge on any atom is 0.168 e. The van der Waals surface area contributed by atoms with Gasteiger partial charge >= 0.3 is 0 Å². The van der Waals surface area contributed by atoms with Crippen LogP contribution in [0.5, 0.6) is 0 Å². The fraction of sp³-hybridized carbons (Fsp3) is 0.214. The Morgan fingerprint density at radius 3 is 2.71 bits per heavy atom. The van der Waals surface area contributed by atoms with Crippen LogP contribution in [-0.4, -0.2) is 25.3 Å². The standard InChI is InChI=1S/C14H14O2S/c1-16-9-13(15)10-17-14-7-6-11-4-2-3-5-12(11)8-14/h2-8H,9-10H2,1H3. The fourth-order valence-corrected chi connectivity index (χ4v) is 2.41. The Morgan fingerprint density at radius 2 is 1.94 bits per heavy atom.